The third-order valence-corrected chi connectivity index (χ3v) is 6.92. The Hall–Kier alpha value is -1.75. The third kappa shape index (κ3) is 2.25. The predicted molar refractivity (Wildman–Crippen MR) is 94.7 cm³/mol. The largest absolute Gasteiger partial charge is 0.289 e. The molecule has 4 heteroatoms. The minimum Gasteiger partial charge on any atom is -0.265 e. The Morgan fingerprint density at radius 3 is 1.95 bits per heavy atom. The maximum absolute atomic E-state index is 11.7. The third-order valence-electron chi connectivity index (χ3n) is 3.29. The van der Waals surface area contributed by atoms with Crippen LogP contribution in [0.5, 0.6) is 0 Å². The summed E-state index contributed by atoms with van der Waals surface area (Å²) in [6, 6.07) is 20.7. The second kappa shape index (κ2) is 5.22. The van der Waals surface area contributed by atoms with Crippen molar-refractivity contribution in [2.24, 2.45) is 0 Å². The van der Waals surface area contributed by atoms with E-state index in [9.17, 15) is 4.79 Å². The van der Waals surface area contributed by atoms with E-state index >= 15 is 0 Å². The van der Waals surface area contributed by atoms with Crippen LogP contribution in [0.4, 0.5) is 0 Å². The minimum absolute atomic E-state index is 0.174. The van der Waals surface area contributed by atoms with Crippen LogP contribution in [0.25, 0.3) is 30.3 Å². The van der Waals surface area contributed by atoms with Gasteiger partial charge in [-0.05, 0) is 11.1 Å². The summed E-state index contributed by atoms with van der Waals surface area (Å²) in [6.45, 7) is 0. The van der Waals surface area contributed by atoms with E-state index in [1.54, 1.807) is 11.3 Å². The molecule has 0 aliphatic rings. The summed E-state index contributed by atoms with van der Waals surface area (Å²) in [5, 5.41) is 0. The molecule has 2 aromatic heterocycles. The van der Waals surface area contributed by atoms with E-state index in [1.165, 1.54) is 44.2 Å². The van der Waals surface area contributed by atoms with Gasteiger partial charge in [0, 0.05) is 10.4 Å². The lowest BCUT2D eigenvalue weighted by molar-refractivity contribution is 1.67. The second-order valence-electron chi connectivity index (χ2n) is 4.61. The van der Waals surface area contributed by atoms with Gasteiger partial charge >= 0.3 is 0 Å². The van der Waals surface area contributed by atoms with Gasteiger partial charge in [-0.15, -0.1) is 11.3 Å². The zero-order valence-corrected chi connectivity index (χ0v) is 13.4. The van der Waals surface area contributed by atoms with Gasteiger partial charge in [-0.2, -0.15) is 0 Å². The van der Waals surface area contributed by atoms with Crippen molar-refractivity contribution in [2.45, 2.75) is 0 Å². The Kier molecular flexibility index (Phi) is 3.22. The number of fused-ring (bicyclic) bond motifs is 1. The summed E-state index contributed by atoms with van der Waals surface area (Å²) < 4.78 is 2.43. The van der Waals surface area contributed by atoms with Crippen LogP contribution in [0.2, 0.25) is 0 Å². The summed E-state index contributed by atoms with van der Waals surface area (Å²) in [4.78, 5) is 13.0. The van der Waals surface area contributed by atoms with Crippen LogP contribution in [0, 0.1) is 0 Å². The average molecular weight is 326 g/mol. The first-order valence-electron chi connectivity index (χ1n) is 6.50. The molecule has 0 fully saturated rings. The van der Waals surface area contributed by atoms with Crippen molar-refractivity contribution in [1.29, 1.82) is 0 Å². The molecule has 0 radical (unpaired) electrons. The normalized spacial score (nSPS) is 11.0. The fourth-order valence-electron chi connectivity index (χ4n) is 2.39. The minimum atomic E-state index is 0.174. The molecule has 0 spiro atoms. The summed E-state index contributed by atoms with van der Waals surface area (Å²) in [7, 11) is 0. The molecule has 0 bridgehead atoms. The van der Waals surface area contributed by atoms with Crippen molar-refractivity contribution < 1.29 is 0 Å². The van der Waals surface area contributed by atoms with Crippen molar-refractivity contribution in [3.63, 3.8) is 0 Å². The summed E-state index contributed by atoms with van der Waals surface area (Å²) in [6.07, 6.45) is 0. The SMILES string of the molecule is O=c1sc2sc(-c3ccccc3)c(-c3ccccc3)c2s1. The van der Waals surface area contributed by atoms with Crippen molar-refractivity contribution in [3.05, 3.63) is 69.5 Å². The average Bonchev–Trinajstić information content (AvgIpc) is 3.05. The van der Waals surface area contributed by atoms with Crippen LogP contribution < -0.4 is 4.06 Å². The number of thiophene rings is 1. The molecule has 2 heterocycles. The molecule has 4 rings (SSSR count). The highest BCUT2D eigenvalue weighted by Gasteiger charge is 2.18. The van der Waals surface area contributed by atoms with Crippen molar-refractivity contribution in [2.75, 3.05) is 0 Å². The predicted octanol–water partition coefficient (Wildman–Crippen LogP) is 5.72. The molecule has 0 aliphatic heterocycles. The lowest BCUT2D eigenvalue weighted by atomic mass is 10.0. The van der Waals surface area contributed by atoms with E-state index in [2.05, 4.69) is 36.4 Å². The second-order valence-corrected chi connectivity index (χ2v) is 8.11. The van der Waals surface area contributed by atoms with Gasteiger partial charge in [0.2, 0.25) is 0 Å². The number of benzene rings is 2. The van der Waals surface area contributed by atoms with E-state index < -0.39 is 0 Å². The van der Waals surface area contributed by atoms with Crippen LogP contribution in [-0.2, 0) is 0 Å². The number of hydrogen-bond acceptors (Lipinski definition) is 4. The fourth-order valence-corrected chi connectivity index (χ4v) is 6.30. The highest BCUT2D eigenvalue weighted by Crippen LogP contribution is 2.47. The molecular formula is C17H10OS3. The maximum Gasteiger partial charge on any atom is 0.289 e. The quantitative estimate of drug-likeness (QED) is 0.460. The summed E-state index contributed by atoms with van der Waals surface area (Å²) in [5.41, 5.74) is 3.59. The van der Waals surface area contributed by atoms with E-state index in [0.29, 0.717) is 0 Å². The van der Waals surface area contributed by atoms with Gasteiger partial charge in [0.05, 0.1) is 4.70 Å². The Balaban J connectivity index is 2.08. The van der Waals surface area contributed by atoms with Crippen LogP contribution in [0.15, 0.2) is 65.5 Å². The van der Waals surface area contributed by atoms with Crippen molar-refractivity contribution in [3.8, 4) is 21.6 Å². The van der Waals surface area contributed by atoms with Gasteiger partial charge in [-0.25, -0.2) is 0 Å². The lowest BCUT2D eigenvalue weighted by Crippen LogP contribution is -1.80. The maximum atomic E-state index is 11.7. The van der Waals surface area contributed by atoms with E-state index in [-0.39, 0.29) is 4.06 Å². The van der Waals surface area contributed by atoms with Crippen LogP contribution in [0.1, 0.15) is 0 Å². The topological polar surface area (TPSA) is 17.1 Å². The Labute approximate surface area is 133 Å². The van der Waals surface area contributed by atoms with E-state index in [4.69, 9.17) is 0 Å². The van der Waals surface area contributed by atoms with Crippen LogP contribution in [0.3, 0.4) is 0 Å². The van der Waals surface area contributed by atoms with Gasteiger partial charge in [-0.3, -0.25) is 4.79 Å². The van der Waals surface area contributed by atoms with Crippen molar-refractivity contribution >= 4 is 42.7 Å². The smallest absolute Gasteiger partial charge is 0.265 e. The van der Waals surface area contributed by atoms with Gasteiger partial charge in [0.25, 0.3) is 4.06 Å². The molecule has 0 atom stereocenters. The number of hydrogen-bond donors (Lipinski definition) is 0. The lowest BCUT2D eigenvalue weighted by Gasteiger charge is -2.04. The molecule has 0 unspecified atom stereocenters. The molecule has 2 aromatic carbocycles. The first-order chi connectivity index (χ1) is 10.3. The monoisotopic (exact) mass is 326 g/mol. The zero-order chi connectivity index (χ0) is 14.2. The standard InChI is InChI=1S/C17H10OS3/c18-17-20-15-13(11-7-3-1-4-8-11)14(19-16(15)21-17)12-9-5-2-6-10-12/h1-10H. The Bertz CT molecular complexity index is 946. The van der Waals surface area contributed by atoms with E-state index in [1.807, 2.05) is 24.3 Å². The van der Waals surface area contributed by atoms with Gasteiger partial charge in [-0.1, -0.05) is 83.3 Å². The van der Waals surface area contributed by atoms with Crippen LogP contribution >= 0.6 is 34.0 Å². The van der Waals surface area contributed by atoms with Crippen LogP contribution in [-0.4, -0.2) is 0 Å². The van der Waals surface area contributed by atoms with Gasteiger partial charge in [0.1, 0.15) is 4.01 Å². The van der Waals surface area contributed by atoms with Gasteiger partial charge < -0.3 is 0 Å². The Morgan fingerprint density at radius 2 is 1.29 bits per heavy atom. The highest BCUT2D eigenvalue weighted by atomic mass is 32.2. The molecule has 0 N–H and O–H groups in total. The number of rotatable bonds is 2. The molecule has 4 aromatic rings. The van der Waals surface area contributed by atoms with Crippen molar-refractivity contribution in [1.82, 2.24) is 0 Å². The van der Waals surface area contributed by atoms with Gasteiger partial charge in [0.15, 0.2) is 0 Å². The first-order valence-corrected chi connectivity index (χ1v) is 8.95. The first kappa shape index (κ1) is 13.0. The molecule has 0 saturated heterocycles. The zero-order valence-electron chi connectivity index (χ0n) is 10.9. The summed E-state index contributed by atoms with van der Waals surface area (Å²) >= 11 is 4.44. The molecule has 0 amide bonds. The Morgan fingerprint density at radius 1 is 0.667 bits per heavy atom. The summed E-state index contributed by atoms with van der Waals surface area (Å²) in [5.74, 6) is 0. The molecule has 1 nitrogen and oxygen atoms in total. The fraction of sp³-hybridized carbons (Fsp3) is 0. The molecule has 0 aliphatic carbocycles. The molecule has 0 saturated carbocycles. The van der Waals surface area contributed by atoms with E-state index in [0.717, 1.165) is 8.71 Å². The molecule has 102 valence electrons. The molecular weight excluding hydrogens is 316 g/mol. The highest BCUT2D eigenvalue weighted by molar-refractivity contribution is 7.48. The molecule has 21 heavy (non-hydrogen) atoms.